The van der Waals surface area contributed by atoms with Crippen molar-refractivity contribution >= 4 is 10.2 Å². The Kier molecular flexibility index (Phi) is 1.96. The third-order valence-corrected chi connectivity index (χ3v) is 2.77. The van der Waals surface area contributed by atoms with Gasteiger partial charge in [0.15, 0.2) is 0 Å². The van der Waals surface area contributed by atoms with E-state index in [9.17, 15) is 28.2 Å². The molecule has 0 heterocycles. The molecule has 15 heavy (non-hydrogen) atoms. The van der Waals surface area contributed by atoms with Gasteiger partial charge in [0, 0.05) is 0 Å². The average molecular weight is 254 g/mol. The minimum Gasteiger partial charge on any atom is -0.207 e. The van der Waals surface area contributed by atoms with Crippen molar-refractivity contribution in [3.8, 4) is 0 Å². The Labute approximate surface area is 80.4 Å². The molecule has 0 aliphatic heterocycles. The van der Waals surface area contributed by atoms with Gasteiger partial charge in [-0.3, -0.25) is 0 Å². The van der Waals surface area contributed by atoms with E-state index in [-0.39, 0.29) is 6.07 Å². The fraction of sp³-hybridized carbons (Fsp3) is 0.143. The Hall–Kier alpha value is -0.920. The number of halogens is 7. The van der Waals surface area contributed by atoms with Crippen LogP contribution in [0.25, 0.3) is 0 Å². The molecule has 88 valence electrons. The second kappa shape index (κ2) is 2.42. The van der Waals surface area contributed by atoms with Crippen molar-refractivity contribution in [1.29, 1.82) is 0 Å². The van der Waals surface area contributed by atoms with E-state index >= 15 is 0 Å². The van der Waals surface area contributed by atoms with E-state index in [0.29, 0.717) is 0 Å². The molecule has 0 radical (unpaired) electrons. The van der Waals surface area contributed by atoms with Crippen LogP contribution in [0.5, 0.6) is 0 Å². The molecule has 0 aromatic heterocycles. The molecule has 1 aromatic rings. The Morgan fingerprint density at radius 3 is 1.73 bits per heavy atom. The number of aryl methyl sites for hydroxylation is 1. The molecular weight excluding hydrogens is 249 g/mol. The SMILES string of the molecule is Cc1cc(F)c(S(F)(F)(F)(F)F)cc1F. The zero-order valence-corrected chi connectivity index (χ0v) is 8.03. The van der Waals surface area contributed by atoms with Crippen LogP contribution in [0.2, 0.25) is 0 Å². The maximum Gasteiger partial charge on any atom is 0.313 e. The smallest absolute Gasteiger partial charge is 0.207 e. The van der Waals surface area contributed by atoms with Crippen molar-refractivity contribution in [1.82, 2.24) is 0 Å². The van der Waals surface area contributed by atoms with Gasteiger partial charge < -0.3 is 0 Å². The number of benzene rings is 1. The summed E-state index contributed by atoms with van der Waals surface area (Å²) < 4.78 is 85.9. The van der Waals surface area contributed by atoms with Crippen LogP contribution >= 0.6 is 10.2 Å². The van der Waals surface area contributed by atoms with Crippen LogP contribution in [0.4, 0.5) is 28.2 Å². The second-order valence-electron chi connectivity index (χ2n) is 3.00. The average Bonchev–Trinajstić information content (AvgIpc) is 1.91. The largest absolute Gasteiger partial charge is 0.313 e. The minimum atomic E-state index is -10.2. The van der Waals surface area contributed by atoms with Gasteiger partial charge in [0.25, 0.3) is 0 Å². The molecule has 0 saturated carbocycles. The molecule has 0 nitrogen and oxygen atoms in total. The quantitative estimate of drug-likeness (QED) is 0.623. The summed E-state index contributed by atoms with van der Waals surface area (Å²) in [6.45, 7) is 0.966. The van der Waals surface area contributed by atoms with E-state index in [0.717, 1.165) is 6.92 Å². The van der Waals surface area contributed by atoms with Crippen LogP contribution in [0, 0.1) is 18.6 Å². The maximum atomic E-state index is 12.7. The van der Waals surface area contributed by atoms with Crippen molar-refractivity contribution in [2.45, 2.75) is 11.8 Å². The van der Waals surface area contributed by atoms with Crippen molar-refractivity contribution in [3.63, 3.8) is 0 Å². The molecule has 0 aliphatic carbocycles. The summed E-state index contributed by atoms with van der Waals surface area (Å²) in [5.41, 5.74) is -0.474. The van der Waals surface area contributed by atoms with Gasteiger partial charge in [-0.05, 0) is 24.6 Å². The lowest BCUT2D eigenvalue weighted by Crippen LogP contribution is -2.09. The zero-order valence-electron chi connectivity index (χ0n) is 7.21. The normalized spacial score (nSPS) is 17.1. The van der Waals surface area contributed by atoms with Gasteiger partial charge in [0.2, 0.25) is 0 Å². The summed E-state index contributed by atoms with van der Waals surface area (Å²) in [4.78, 5) is -2.82. The third kappa shape index (κ3) is 2.55. The number of hydrogen-bond donors (Lipinski definition) is 0. The highest BCUT2D eigenvalue weighted by Crippen LogP contribution is 3.02. The van der Waals surface area contributed by atoms with E-state index in [2.05, 4.69) is 0 Å². The second-order valence-corrected chi connectivity index (χ2v) is 5.38. The minimum absolute atomic E-state index is 0.0859. The first-order valence-corrected chi connectivity index (χ1v) is 5.46. The molecule has 0 spiro atoms. The van der Waals surface area contributed by atoms with Crippen molar-refractivity contribution < 1.29 is 28.2 Å². The van der Waals surface area contributed by atoms with Gasteiger partial charge in [-0.25, -0.2) is 8.78 Å². The molecular formula is C7H5F7S. The molecule has 0 fully saturated rings. The van der Waals surface area contributed by atoms with Gasteiger partial charge >= 0.3 is 10.2 Å². The molecule has 1 aromatic carbocycles. The van der Waals surface area contributed by atoms with E-state index < -0.39 is 38.4 Å². The van der Waals surface area contributed by atoms with Crippen molar-refractivity contribution in [2.75, 3.05) is 0 Å². The summed E-state index contributed by atoms with van der Waals surface area (Å²) in [6, 6.07) is -0.436. The standard InChI is InChI=1S/C7H5F7S/c1-4-2-6(9)7(3-5(4)8)15(10,11,12,13)14/h2-3H,1H3. The summed E-state index contributed by atoms with van der Waals surface area (Å²) in [5.74, 6) is -3.70. The maximum absolute atomic E-state index is 12.7. The lowest BCUT2D eigenvalue weighted by atomic mass is 10.2. The first-order valence-electron chi connectivity index (χ1n) is 3.51. The molecule has 0 unspecified atom stereocenters. The molecule has 0 amide bonds. The van der Waals surface area contributed by atoms with Crippen LogP contribution < -0.4 is 0 Å². The van der Waals surface area contributed by atoms with Crippen LogP contribution in [-0.4, -0.2) is 0 Å². The van der Waals surface area contributed by atoms with Crippen molar-refractivity contribution in [3.05, 3.63) is 29.3 Å². The predicted molar refractivity (Wildman–Crippen MR) is 42.5 cm³/mol. The lowest BCUT2D eigenvalue weighted by Gasteiger charge is -2.40. The Morgan fingerprint density at radius 2 is 1.33 bits per heavy atom. The number of hydrogen-bond acceptors (Lipinski definition) is 0. The van der Waals surface area contributed by atoms with Crippen LogP contribution in [0.15, 0.2) is 17.0 Å². The topological polar surface area (TPSA) is 0 Å². The summed E-state index contributed by atoms with van der Waals surface area (Å²) in [7, 11) is -10.2. The van der Waals surface area contributed by atoms with Gasteiger partial charge in [-0.15, -0.1) is 0 Å². The summed E-state index contributed by atoms with van der Waals surface area (Å²) in [6.07, 6.45) is 0. The van der Waals surface area contributed by atoms with Gasteiger partial charge in [-0.1, -0.05) is 19.4 Å². The number of rotatable bonds is 1. The first kappa shape index (κ1) is 12.2. The highest BCUT2D eigenvalue weighted by molar-refractivity contribution is 8.45. The summed E-state index contributed by atoms with van der Waals surface area (Å²) >= 11 is 0. The Balaban J connectivity index is 3.62. The van der Waals surface area contributed by atoms with Crippen LogP contribution in [0.1, 0.15) is 5.56 Å². The zero-order chi connectivity index (χ0) is 12.1. The van der Waals surface area contributed by atoms with Crippen LogP contribution in [-0.2, 0) is 0 Å². The monoisotopic (exact) mass is 254 g/mol. The Morgan fingerprint density at radius 1 is 0.867 bits per heavy atom. The first-order chi connectivity index (χ1) is 6.31. The molecule has 0 aliphatic rings. The van der Waals surface area contributed by atoms with Crippen LogP contribution in [0.3, 0.4) is 0 Å². The van der Waals surface area contributed by atoms with E-state index in [1.54, 1.807) is 0 Å². The highest BCUT2D eigenvalue weighted by atomic mass is 32.5. The highest BCUT2D eigenvalue weighted by Gasteiger charge is 2.67. The molecule has 0 saturated heterocycles. The molecule has 0 N–H and O–H groups in total. The fourth-order valence-corrected chi connectivity index (χ4v) is 1.68. The molecule has 1 rings (SSSR count). The predicted octanol–water partition coefficient (Wildman–Crippen LogP) is 4.93. The van der Waals surface area contributed by atoms with E-state index in [1.807, 2.05) is 0 Å². The van der Waals surface area contributed by atoms with E-state index in [4.69, 9.17) is 0 Å². The van der Waals surface area contributed by atoms with Crippen molar-refractivity contribution in [2.24, 2.45) is 0 Å². The third-order valence-electron chi connectivity index (χ3n) is 1.63. The molecule has 8 heteroatoms. The van der Waals surface area contributed by atoms with Gasteiger partial charge in [-0.2, -0.15) is 0 Å². The Bertz CT molecular complexity index is 418. The fourth-order valence-electron chi connectivity index (χ4n) is 0.924. The molecule has 0 atom stereocenters. The van der Waals surface area contributed by atoms with E-state index in [1.165, 1.54) is 0 Å². The lowest BCUT2D eigenvalue weighted by molar-refractivity contribution is 0.354. The van der Waals surface area contributed by atoms with Gasteiger partial charge in [0.05, 0.1) is 0 Å². The van der Waals surface area contributed by atoms with Gasteiger partial charge in [0.1, 0.15) is 16.5 Å². The summed E-state index contributed by atoms with van der Waals surface area (Å²) in [5, 5.41) is 0. The molecule has 0 bridgehead atoms.